The lowest BCUT2D eigenvalue weighted by Gasteiger charge is -2.32. The van der Waals surface area contributed by atoms with E-state index in [0.717, 1.165) is 17.8 Å². The molecule has 1 aromatic rings. The molecular weight excluding hydrogens is 270 g/mol. The number of anilines is 1. The predicted molar refractivity (Wildman–Crippen MR) is 80.1 cm³/mol. The van der Waals surface area contributed by atoms with Crippen molar-refractivity contribution < 1.29 is 14.7 Å². The molecule has 1 atom stereocenters. The standard InChI is InChI=1S/C15H21N3O3/c1-17-7-8-18(14(19)10-17)12-4-2-3-11(9-12)13(16)5-6-15(20)21/h2-4,9,13H,5-8,10,16H2,1H3,(H,20,21). The van der Waals surface area contributed by atoms with Gasteiger partial charge in [-0.05, 0) is 31.2 Å². The molecule has 114 valence electrons. The number of carbonyl (C=O) groups is 2. The zero-order valence-electron chi connectivity index (χ0n) is 12.2. The zero-order chi connectivity index (χ0) is 15.4. The maximum Gasteiger partial charge on any atom is 0.303 e. The van der Waals surface area contributed by atoms with Crippen LogP contribution in [0, 0.1) is 0 Å². The minimum atomic E-state index is -0.851. The molecule has 0 bridgehead atoms. The molecule has 1 amide bonds. The van der Waals surface area contributed by atoms with Crippen molar-refractivity contribution in [2.75, 3.05) is 31.6 Å². The lowest BCUT2D eigenvalue weighted by molar-refractivity contribution is -0.137. The third-order valence-corrected chi connectivity index (χ3v) is 3.69. The molecule has 0 radical (unpaired) electrons. The summed E-state index contributed by atoms with van der Waals surface area (Å²) in [5.74, 6) is -0.782. The van der Waals surface area contributed by atoms with Crippen LogP contribution in [0.5, 0.6) is 0 Å². The normalized spacial score (nSPS) is 17.8. The first-order valence-electron chi connectivity index (χ1n) is 7.03. The third kappa shape index (κ3) is 4.03. The fourth-order valence-corrected chi connectivity index (χ4v) is 2.43. The van der Waals surface area contributed by atoms with Crippen molar-refractivity contribution in [3.63, 3.8) is 0 Å². The molecule has 0 aliphatic carbocycles. The van der Waals surface area contributed by atoms with Crippen LogP contribution in [0.3, 0.4) is 0 Å². The van der Waals surface area contributed by atoms with E-state index in [2.05, 4.69) is 0 Å². The Labute approximate surface area is 124 Å². The molecule has 1 unspecified atom stereocenters. The van der Waals surface area contributed by atoms with Crippen LogP contribution in [0.25, 0.3) is 0 Å². The van der Waals surface area contributed by atoms with Crippen LogP contribution in [-0.4, -0.2) is 48.6 Å². The highest BCUT2D eigenvalue weighted by Crippen LogP contribution is 2.23. The molecule has 1 aliphatic heterocycles. The quantitative estimate of drug-likeness (QED) is 0.839. The average Bonchev–Trinajstić information content (AvgIpc) is 2.45. The number of hydrogen-bond acceptors (Lipinski definition) is 4. The van der Waals surface area contributed by atoms with E-state index in [9.17, 15) is 9.59 Å². The number of hydrogen-bond donors (Lipinski definition) is 2. The Morgan fingerprint density at radius 1 is 1.43 bits per heavy atom. The maximum atomic E-state index is 12.1. The molecule has 6 heteroatoms. The molecule has 1 heterocycles. The number of likely N-dealkylation sites (N-methyl/N-ethyl adjacent to an activating group) is 1. The Morgan fingerprint density at radius 2 is 2.19 bits per heavy atom. The summed E-state index contributed by atoms with van der Waals surface area (Å²) in [6.07, 6.45) is 0.425. The molecule has 6 nitrogen and oxygen atoms in total. The average molecular weight is 291 g/mol. The van der Waals surface area contributed by atoms with Crippen molar-refractivity contribution in [2.45, 2.75) is 18.9 Å². The van der Waals surface area contributed by atoms with Gasteiger partial charge in [0.2, 0.25) is 5.91 Å². The monoisotopic (exact) mass is 291 g/mol. The minimum absolute atomic E-state index is 0.0405. The second-order valence-corrected chi connectivity index (χ2v) is 5.42. The molecule has 2 rings (SSSR count). The van der Waals surface area contributed by atoms with E-state index in [1.165, 1.54) is 0 Å². The first-order chi connectivity index (χ1) is 9.97. The third-order valence-electron chi connectivity index (χ3n) is 3.69. The van der Waals surface area contributed by atoms with Gasteiger partial charge in [-0.2, -0.15) is 0 Å². The van der Waals surface area contributed by atoms with Crippen LogP contribution in [0.2, 0.25) is 0 Å². The van der Waals surface area contributed by atoms with E-state index in [-0.39, 0.29) is 18.4 Å². The summed E-state index contributed by atoms with van der Waals surface area (Å²) in [7, 11) is 1.92. The Hall–Kier alpha value is -1.92. The Kier molecular flexibility index (Phi) is 4.93. The van der Waals surface area contributed by atoms with Gasteiger partial charge in [-0.25, -0.2) is 0 Å². The lowest BCUT2D eigenvalue weighted by Crippen LogP contribution is -2.48. The largest absolute Gasteiger partial charge is 0.481 e. The van der Waals surface area contributed by atoms with Crippen LogP contribution < -0.4 is 10.6 Å². The fraction of sp³-hybridized carbons (Fsp3) is 0.467. The number of piperazine rings is 1. The Balaban J connectivity index is 2.10. The summed E-state index contributed by atoms with van der Waals surface area (Å²) in [4.78, 5) is 26.4. The van der Waals surface area contributed by atoms with Crippen molar-refractivity contribution in [3.8, 4) is 0 Å². The van der Waals surface area contributed by atoms with E-state index < -0.39 is 5.97 Å². The zero-order valence-corrected chi connectivity index (χ0v) is 12.2. The van der Waals surface area contributed by atoms with Gasteiger partial charge in [-0.3, -0.25) is 14.5 Å². The van der Waals surface area contributed by atoms with Crippen molar-refractivity contribution in [1.82, 2.24) is 4.90 Å². The summed E-state index contributed by atoms with van der Waals surface area (Å²) < 4.78 is 0. The number of carboxylic acid groups (broad SMARTS) is 1. The van der Waals surface area contributed by atoms with Crippen LogP contribution in [0.15, 0.2) is 24.3 Å². The lowest BCUT2D eigenvalue weighted by atomic mass is 10.0. The number of carboxylic acids is 1. The molecule has 3 N–H and O–H groups in total. The van der Waals surface area contributed by atoms with Crippen LogP contribution in [0.4, 0.5) is 5.69 Å². The number of nitrogens with zero attached hydrogens (tertiary/aromatic N) is 2. The van der Waals surface area contributed by atoms with Gasteiger partial charge in [0.15, 0.2) is 0 Å². The van der Waals surface area contributed by atoms with E-state index in [0.29, 0.717) is 19.5 Å². The minimum Gasteiger partial charge on any atom is -0.481 e. The van der Waals surface area contributed by atoms with Crippen molar-refractivity contribution >= 4 is 17.6 Å². The molecule has 1 saturated heterocycles. The SMILES string of the molecule is CN1CCN(c2cccc(C(N)CCC(=O)O)c2)C(=O)C1. The van der Waals surface area contributed by atoms with Crippen molar-refractivity contribution in [1.29, 1.82) is 0 Å². The highest BCUT2D eigenvalue weighted by molar-refractivity contribution is 5.95. The van der Waals surface area contributed by atoms with Crippen molar-refractivity contribution in [3.05, 3.63) is 29.8 Å². The van der Waals surface area contributed by atoms with Gasteiger partial charge in [0, 0.05) is 31.2 Å². The van der Waals surface area contributed by atoms with Gasteiger partial charge in [-0.1, -0.05) is 12.1 Å². The molecule has 0 spiro atoms. The first kappa shape index (κ1) is 15.5. The number of carbonyl (C=O) groups excluding carboxylic acids is 1. The van der Waals surface area contributed by atoms with Gasteiger partial charge in [0.25, 0.3) is 0 Å². The van der Waals surface area contributed by atoms with Gasteiger partial charge in [0.1, 0.15) is 0 Å². The summed E-state index contributed by atoms with van der Waals surface area (Å²) >= 11 is 0. The molecular formula is C15H21N3O3. The fourth-order valence-electron chi connectivity index (χ4n) is 2.43. The molecule has 0 aromatic heterocycles. The van der Waals surface area contributed by atoms with Crippen molar-refractivity contribution in [2.24, 2.45) is 5.73 Å². The first-order valence-corrected chi connectivity index (χ1v) is 7.03. The molecule has 1 fully saturated rings. The summed E-state index contributed by atoms with van der Waals surface area (Å²) in [6, 6.07) is 7.17. The van der Waals surface area contributed by atoms with E-state index in [1.807, 2.05) is 36.2 Å². The smallest absolute Gasteiger partial charge is 0.303 e. The second kappa shape index (κ2) is 6.69. The summed E-state index contributed by atoms with van der Waals surface area (Å²) in [5, 5.41) is 8.71. The molecule has 0 saturated carbocycles. The number of amides is 1. The van der Waals surface area contributed by atoms with Gasteiger partial charge in [-0.15, -0.1) is 0 Å². The van der Waals surface area contributed by atoms with Gasteiger partial charge < -0.3 is 15.7 Å². The van der Waals surface area contributed by atoms with Crippen LogP contribution in [-0.2, 0) is 9.59 Å². The van der Waals surface area contributed by atoms with Gasteiger partial charge >= 0.3 is 5.97 Å². The number of benzene rings is 1. The predicted octanol–water partition coefficient (Wildman–Crippen LogP) is 0.830. The maximum absolute atomic E-state index is 12.1. The highest BCUT2D eigenvalue weighted by atomic mass is 16.4. The summed E-state index contributed by atoms with van der Waals surface area (Å²) in [6.45, 7) is 1.90. The Bertz CT molecular complexity index is 533. The summed E-state index contributed by atoms with van der Waals surface area (Å²) in [5.41, 5.74) is 7.71. The van der Waals surface area contributed by atoms with E-state index in [4.69, 9.17) is 10.8 Å². The highest BCUT2D eigenvalue weighted by Gasteiger charge is 2.23. The Morgan fingerprint density at radius 3 is 2.86 bits per heavy atom. The topological polar surface area (TPSA) is 86.9 Å². The number of rotatable bonds is 5. The molecule has 21 heavy (non-hydrogen) atoms. The van der Waals surface area contributed by atoms with E-state index in [1.54, 1.807) is 4.90 Å². The van der Waals surface area contributed by atoms with Crippen LogP contribution >= 0.6 is 0 Å². The van der Waals surface area contributed by atoms with E-state index >= 15 is 0 Å². The number of aliphatic carboxylic acids is 1. The number of nitrogens with two attached hydrogens (primary N) is 1. The molecule has 1 aliphatic rings. The van der Waals surface area contributed by atoms with Gasteiger partial charge in [0.05, 0.1) is 6.54 Å². The molecule has 1 aromatic carbocycles. The van der Waals surface area contributed by atoms with Crippen LogP contribution in [0.1, 0.15) is 24.4 Å². The second-order valence-electron chi connectivity index (χ2n) is 5.42.